The van der Waals surface area contributed by atoms with E-state index in [0.717, 1.165) is 0 Å². The van der Waals surface area contributed by atoms with Gasteiger partial charge in [-0.1, -0.05) is 13.8 Å². The SMILES string of the molecule is COC(C)(C)CCOC(=O)[C@H](N)CC(C)C. The van der Waals surface area contributed by atoms with Crippen LogP contribution in [0, 0.1) is 5.92 Å². The van der Waals surface area contributed by atoms with Crippen LogP contribution in [-0.4, -0.2) is 31.3 Å². The van der Waals surface area contributed by atoms with Crippen LogP contribution in [0.5, 0.6) is 0 Å². The highest BCUT2D eigenvalue weighted by atomic mass is 16.5. The summed E-state index contributed by atoms with van der Waals surface area (Å²) in [5, 5.41) is 0. The number of rotatable bonds is 7. The number of esters is 1. The number of carbonyl (C=O) groups is 1. The van der Waals surface area contributed by atoms with E-state index in [-0.39, 0.29) is 11.6 Å². The second-order valence-corrected chi connectivity index (χ2v) is 5.12. The van der Waals surface area contributed by atoms with E-state index in [4.69, 9.17) is 15.2 Å². The monoisotopic (exact) mass is 231 g/mol. The molecule has 0 aliphatic rings. The van der Waals surface area contributed by atoms with Gasteiger partial charge in [0.1, 0.15) is 6.04 Å². The molecule has 0 unspecified atom stereocenters. The fourth-order valence-electron chi connectivity index (χ4n) is 1.21. The van der Waals surface area contributed by atoms with Gasteiger partial charge in [0.15, 0.2) is 0 Å². The molecule has 0 amide bonds. The van der Waals surface area contributed by atoms with Crippen LogP contribution in [-0.2, 0) is 14.3 Å². The molecule has 0 saturated carbocycles. The molecule has 4 nitrogen and oxygen atoms in total. The van der Waals surface area contributed by atoms with Crippen molar-refractivity contribution in [1.82, 2.24) is 0 Å². The van der Waals surface area contributed by atoms with Crippen molar-refractivity contribution in [3.05, 3.63) is 0 Å². The van der Waals surface area contributed by atoms with Gasteiger partial charge in [-0.3, -0.25) is 4.79 Å². The van der Waals surface area contributed by atoms with Gasteiger partial charge in [-0.15, -0.1) is 0 Å². The molecule has 0 spiro atoms. The Morgan fingerprint density at radius 1 is 1.38 bits per heavy atom. The Kier molecular flexibility index (Phi) is 6.60. The van der Waals surface area contributed by atoms with Gasteiger partial charge >= 0.3 is 5.97 Å². The zero-order valence-electron chi connectivity index (χ0n) is 11.1. The maximum Gasteiger partial charge on any atom is 0.322 e. The molecular weight excluding hydrogens is 206 g/mol. The maximum absolute atomic E-state index is 11.5. The highest BCUT2D eigenvalue weighted by Crippen LogP contribution is 2.13. The summed E-state index contributed by atoms with van der Waals surface area (Å²) in [6, 6.07) is -0.509. The Morgan fingerprint density at radius 3 is 2.38 bits per heavy atom. The van der Waals surface area contributed by atoms with Crippen molar-refractivity contribution in [1.29, 1.82) is 0 Å². The number of hydrogen-bond acceptors (Lipinski definition) is 4. The molecule has 4 heteroatoms. The van der Waals surface area contributed by atoms with Crippen LogP contribution < -0.4 is 5.73 Å². The van der Waals surface area contributed by atoms with Crippen molar-refractivity contribution in [3.63, 3.8) is 0 Å². The van der Waals surface area contributed by atoms with E-state index in [1.165, 1.54) is 0 Å². The highest BCUT2D eigenvalue weighted by Gasteiger charge is 2.20. The quantitative estimate of drug-likeness (QED) is 0.678. The Morgan fingerprint density at radius 2 is 1.94 bits per heavy atom. The van der Waals surface area contributed by atoms with Crippen molar-refractivity contribution in [2.45, 2.75) is 52.2 Å². The van der Waals surface area contributed by atoms with Crippen molar-refractivity contribution < 1.29 is 14.3 Å². The first kappa shape index (κ1) is 15.4. The molecule has 0 aromatic rings. The molecule has 96 valence electrons. The number of methoxy groups -OCH3 is 1. The minimum absolute atomic E-state index is 0.261. The number of nitrogens with two attached hydrogens (primary N) is 1. The van der Waals surface area contributed by atoms with E-state index in [0.29, 0.717) is 25.4 Å². The maximum atomic E-state index is 11.5. The van der Waals surface area contributed by atoms with Gasteiger partial charge in [-0.25, -0.2) is 0 Å². The summed E-state index contributed by atoms with van der Waals surface area (Å²) in [5.74, 6) is 0.0820. The summed E-state index contributed by atoms with van der Waals surface area (Å²) in [6.07, 6.45) is 1.33. The third-order valence-corrected chi connectivity index (χ3v) is 2.53. The van der Waals surface area contributed by atoms with Gasteiger partial charge in [0, 0.05) is 13.5 Å². The molecule has 0 rings (SSSR count). The second-order valence-electron chi connectivity index (χ2n) is 5.12. The standard InChI is InChI=1S/C12H25NO3/c1-9(2)8-10(13)11(14)16-7-6-12(3,4)15-5/h9-10H,6-8,13H2,1-5H3/t10-/m1/s1. The van der Waals surface area contributed by atoms with Gasteiger partial charge in [-0.05, 0) is 26.2 Å². The second kappa shape index (κ2) is 6.86. The van der Waals surface area contributed by atoms with E-state index in [1.807, 2.05) is 27.7 Å². The zero-order chi connectivity index (χ0) is 12.8. The lowest BCUT2D eigenvalue weighted by atomic mass is 10.0. The van der Waals surface area contributed by atoms with Crippen LogP contribution in [0.25, 0.3) is 0 Å². The molecule has 0 aliphatic heterocycles. The molecule has 0 heterocycles. The van der Waals surface area contributed by atoms with Crippen molar-refractivity contribution in [3.8, 4) is 0 Å². The highest BCUT2D eigenvalue weighted by molar-refractivity contribution is 5.75. The van der Waals surface area contributed by atoms with Crippen molar-refractivity contribution in [2.24, 2.45) is 11.7 Å². The van der Waals surface area contributed by atoms with E-state index >= 15 is 0 Å². The lowest BCUT2D eigenvalue weighted by Crippen LogP contribution is -2.35. The summed E-state index contributed by atoms with van der Waals surface area (Å²) in [6.45, 7) is 8.32. The minimum Gasteiger partial charge on any atom is -0.464 e. The van der Waals surface area contributed by atoms with E-state index in [9.17, 15) is 4.79 Å². The smallest absolute Gasteiger partial charge is 0.322 e. The van der Waals surface area contributed by atoms with Crippen LogP contribution >= 0.6 is 0 Å². The number of carbonyl (C=O) groups excluding carboxylic acids is 1. The van der Waals surface area contributed by atoms with Gasteiger partial charge in [0.25, 0.3) is 0 Å². The third kappa shape index (κ3) is 6.80. The van der Waals surface area contributed by atoms with Crippen LogP contribution in [0.1, 0.15) is 40.5 Å². The first-order valence-corrected chi connectivity index (χ1v) is 5.76. The molecule has 1 atom stereocenters. The van der Waals surface area contributed by atoms with Crippen molar-refractivity contribution in [2.75, 3.05) is 13.7 Å². The Labute approximate surface area is 98.5 Å². The van der Waals surface area contributed by atoms with E-state index < -0.39 is 6.04 Å². The topological polar surface area (TPSA) is 61.5 Å². The number of hydrogen-bond donors (Lipinski definition) is 1. The summed E-state index contributed by atoms with van der Waals surface area (Å²) in [4.78, 5) is 11.5. The average molecular weight is 231 g/mol. The summed E-state index contributed by atoms with van der Waals surface area (Å²) in [5.41, 5.74) is 5.43. The van der Waals surface area contributed by atoms with Crippen LogP contribution in [0.4, 0.5) is 0 Å². The van der Waals surface area contributed by atoms with Crippen molar-refractivity contribution >= 4 is 5.97 Å². The predicted molar refractivity (Wildman–Crippen MR) is 64.1 cm³/mol. The molecule has 0 radical (unpaired) electrons. The normalized spacial score (nSPS) is 13.9. The first-order valence-electron chi connectivity index (χ1n) is 5.76. The molecule has 2 N–H and O–H groups in total. The largest absolute Gasteiger partial charge is 0.464 e. The van der Waals surface area contributed by atoms with Gasteiger partial charge in [0.05, 0.1) is 12.2 Å². The molecule has 0 fully saturated rings. The molecule has 0 saturated heterocycles. The summed E-state index contributed by atoms with van der Waals surface area (Å²) >= 11 is 0. The third-order valence-electron chi connectivity index (χ3n) is 2.53. The summed E-state index contributed by atoms with van der Waals surface area (Å²) < 4.78 is 10.3. The molecular formula is C12H25NO3. The van der Waals surface area contributed by atoms with Crippen LogP contribution in [0.15, 0.2) is 0 Å². The predicted octanol–water partition coefficient (Wildman–Crippen LogP) is 1.72. The fourth-order valence-corrected chi connectivity index (χ4v) is 1.21. The van der Waals surface area contributed by atoms with Crippen LogP contribution in [0.3, 0.4) is 0 Å². The zero-order valence-corrected chi connectivity index (χ0v) is 11.1. The molecule has 0 aliphatic carbocycles. The first-order chi connectivity index (χ1) is 7.28. The molecule has 0 bridgehead atoms. The summed E-state index contributed by atoms with van der Waals surface area (Å²) in [7, 11) is 1.65. The molecule has 0 aromatic heterocycles. The lowest BCUT2D eigenvalue weighted by molar-refractivity contribution is -0.147. The fraction of sp³-hybridized carbons (Fsp3) is 0.917. The van der Waals surface area contributed by atoms with Crippen LogP contribution in [0.2, 0.25) is 0 Å². The Balaban J connectivity index is 3.81. The van der Waals surface area contributed by atoms with E-state index in [1.54, 1.807) is 7.11 Å². The Bertz CT molecular complexity index is 214. The minimum atomic E-state index is -0.509. The van der Waals surface area contributed by atoms with Gasteiger partial charge in [-0.2, -0.15) is 0 Å². The number of ether oxygens (including phenoxy) is 2. The lowest BCUT2D eigenvalue weighted by Gasteiger charge is -2.22. The molecule has 16 heavy (non-hydrogen) atoms. The molecule has 0 aromatic carbocycles. The van der Waals surface area contributed by atoms with Gasteiger partial charge in [0.2, 0.25) is 0 Å². The van der Waals surface area contributed by atoms with Gasteiger partial charge < -0.3 is 15.2 Å². The Hall–Kier alpha value is -0.610. The van der Waals surface area contributed by atoms with E-state index in [2.05, 4.69) is 0 Å². The average Bonchev–Trinajstić information content (AvgIpc) is 2.16.